The molecule has 1 atom stereocenters. The Morgan fingerprint density at radius 1 is 1.32 bits per heavy atom. The second-order valence-electron chi connectivity index (χ2n) is 5.95. The molecule has 2 aliphatic heterocycles. The van der Waals surface area contributed by atoms with E-state index in [0.717, 1.165) is 38.9 Å². The zero-order valence-electron chi connectivity index (χ0n) is 12.5. The van der Waals surface area contributed by atoms with Crippen molar-refractivity contribution >= 4 is 34.8 Å². The van der Waals surface area contributed by atoms with E-state index < -0.39 is 0 Å². The molecule has 1 aromatic rings. The molecule has 3 rings (SSSR count). The third-order valence-corrected chi connectivity index (χ3v) is 5.87. The molecule has 1 N–H and O–H groups in total. The molecule has 0 radical (unpaired) electrons. The number of hydrogen-bond donors (Lipinski definition) is 1. The van der Waals surface area contributed by atoms with Gasteiger partial charge in [0.25, 0.3) is 5.91 Å². The van der Waals surface area contributed by atoms with Gasteiger partial charge in [0.15, 0.2) is 0 Å². The molecular weight excluding hydrogens is 322 g/mol. The third kappa shape index (κ3) is 3.14. The Morgan fingerprint density at radius 3 is 2.59 bits per heavy atom. The summed E-state index contributed by atoms with van der Waals surface area (Å²) in [5.74, 6) is 0.142. The Hall–Kier alpha value is -1.11. The lowest BCUT2D eigenvalue weighted by Gasteiger charge is -2.35. The molecule has 0 spiro atoms. The number of thiophene rings is 1. The van der Waals surface area contributed by atoms with E-state index >= 15 is 0 Å². The number of hydrogen-bond acceptors (Lipinski definition) is 4. The first-order valence-corrected chi connectivity index (χ1v) is 8.85. The Labute approximate surface area is 139 Å². The highest BCUT2D eigenvalue weighted by atomic mass is 35.5. The van der Waals surface area contributed by atoms with Crippen LogP contribution in [0.2, 0.25) is 5.02 Å². The summed E-state index contributed by atoms with van der Waals surface area (Å²) in [6.45, 7) is 2.55. The van der Waals surface area contributed by atoms with Crippen LogP contribution in [0.1, 0.15) is 28.9 Å². The molecule has 2 aliphatic rings. The van der Waals surface area contributed by atoms with E-state index in [-0.39, 0.29) is 23.9 Å². The predicted molar refractivity (Wildman–Crippen MR) is 87.4 cm³/mol. The smallest absolute Gasteiger partial charge is 0.263 e. The third-order valence-electron chi connectivity index (χ3n) is 4.53. The molecule has 2 fully saturated rings. The number of rotatable bonds is 3. The molecule has 0 saturated carbocycles. The molecule has 3 heterocycles. The number of nitrogens with zero attached hydrogens (tertiary/aromatic N) is 2. The highest BCUT2D eigenvalue weighted by Crippen LogP contribution is 2.24. The topological polar surface area (TPSA) is 52.6 Å². The molecule has 120 valence electrons. The first-order valence-electron chi connectivity index (χ1n) is 7.59. The van der Waals surface area contributed by atoms with E-state index in [1.165, 1.54) is 11.3 Å². The summed E-state index contributed by atoms with van der Waals surface area (Å²) in [6.07, 6.45) is 2.67. The van der Waals surface area contributed by atoms with Crippen molar-refractivity contribution in [2.24, 2.45) is 0 Å². The summed E-state index contributed by atoms with van der Waals surface area (Å²) in [6, 6.07) is 1.94. The molecule has 0 unspecified atom stereocenters. The molecule has 2 saturated heterocycles. The predicted octanol–water partition coefficient (Wildman–Crippen LogP) is 1.83. The van der Waals surface area contributed by atoms with Crippen molar-refractivity contribution in [1.29, 1.82) is 0 Å². The fraction of sp³-hybridized carbons (Fsp3) is 0.600. The van der Waals surface area contributed by atoms with Gasteiger partial charge in [-0.05, 0) is 30.7 Å². The van der Waals surface area contributed by atoms with Crippen LogP contribution >= 0.6 is 22.9 Å². The van der Waals surface area contributed by atoms with Gasteiger partial charge in [0, 0.05) is 32.7 Å². The van der Waals surface area contributed by atoms with Crippen molar-refractivity contribution in [3.8, 4) is 0 Å². The lowest BCUT2D eigenvalue weighted by Crippen LogP contribution is -2.49. The highest BCUT2D eigenvalue weighted by molar-refractivity contribution is 7.12. The monoisotopic (exact) mass is 341 g/mol. The van der Waals surface area contributed by atoms with E-state index in [2.05, 4.69) is 10.2 Å². The van der Waals surface area contributed by atoms with Gasteiger partial charge in [-0.3, -0.25) is 14.5 Å². The number of piperidine rings is 1. The summed E-state index contributed by atoms with van der Waals surface area (Å²) in [5, 5.41) is 5.39. The number of halogens is 1. The standard InChI is InChI=1S/C15H20ClN3O2S/c1-18-6-4-12(15(18)21)19-7-2-10(3-8-19)17-14(20)13-11(16)5-9-22-13/h5,9-10,12H,2-4,6-8H2,1H3,(H,17,20)/t12-/m1/s1. The molecule has 1 aromatic heterocycles. The maximum Gasteiger partial charge on any atom is 0.263 e. The maximum absolute atomic E-state index is 12.2. The normalized spacial score (nSPS) is 24.0. The molecule has 0 bridgehead atoms. The van der Waals surface area contributed by atoms with Crippen molar-refractivity contribution < 1.29 is 9.59 Å². The Balaban J connectivity index is 1.51. The van der Waals surface area contributed by atoms with Gasteiger partial charge in [-0.1, -0.05) is 11.6 Å². The first-order chi connectivity index (χ1) is 10.6. The fourth-order valence-corrected chi connectivity index (χ4v) is 4.25. The Morgan fingerprint density at radius 2 is 2.05 bits per heavy atom. The fourth-order valence-electron chi connectivity index (χ4n) is 3.20. The van der Waals surface area contributed by atoms with Crippen molar-refractivity contribution in [1.82, 2.24) is 15.1 Å². The first kappa shape index (κ1) is 15.8. The molecule has 0 aromatic carbocycles. The zero-order valence-corrected chi connectivity index (χ0v) is 14.1. The van der Waals surface area contributed by atoms with Gasteiger partial charge in [-0.15, -0.1) is 11.3 Å². The SMILES string of the molecule is CN1CC[C@@H](N2CCC(NC(=O)c3sccc3Cl)CC2)C1=O. The summed E-state index contributed by atoms with van der Waals surface area (Å²) in [7, 11) is 1.86. The number of likely N-dealkylation sites (tertiary alicyclic amines) is 2. The average molecular weight is 342 g/mol. The van der Waals surface area contributed by atoms with E-state index in [0.29, 0.717) is 9.90 Å². The Kier molecular flexibility index (Phi) is 4.70. The number of carbonyl (C=O) groups is 2. The van der Waals surface area contributed by atoms with Crippen LogP contribution < -0.4 is 5.32 Å². The van der Waals surface area contributed by atoms with Gasteiger partial charge in [-0.25, -0.2) is 0 Å². The lowest BCUT2D eigenvalue weighted by molar-refractivity contribution is -0.131. The minimum Gasteiger partial charge on any atom is -0.348 e. The van der Waals surface area contributed by atoms with Gasteiger partial charge >= 0.3 is 0 Å². The average Bonchev–Trinajstić information content (AvgIpc) is 3.07. The largest absolute Gasteiger partial charge is 0.348 e. The van der Waals surface area contributed by atoms with E-state index in [9.17, 15) is 9.59 Å². The van der Waals surface area contributed by atoms with Crippen molar-refractivity contribution in [3.63, 3.8) is 0 Å². The summed E-state index contributed by atoms with van der Waals surface area (Å²) in [4.78, 5) is 28.9. The second-order valence-corrected chi connectivity index (χ2v) is 7.27. The zero-order chi connectivity index (χ0) is 15.7. The summed E-state index contributed by atoms with van der Waals surface area (Å²) >= 11 is 7.35. The van der Waals surface area contributed by atoms with Crippen molar-refractivity contribution in [2.45, 2.75) is 31.3 Å². The minimum absolute atomic E-state index is 0.0355. The van der Waals surface area contributed by atoms with Crippen LogP contribution in [-0.2, 0) is 4.79 Å². The molecule has 22 heavy (non-hydrogen) atoms. The molecule has 0 aliphatic carbocycles. The van der Waals surface area contributed by atoms with Crippen molar-refractivity contribution in [2.75, 3.05) is 26.7 Å². The molecule has 5 nitrogen and oxygen atoms in total. The number of likely N-dealkylation sites (N-methyl/N-ethyl adjacent to an activating group) is 1. The van der Waals surface area contributed by atoms with Crippen LogP contribution in [-0.4, -0.2) is 60.4 Å². The second kappa shape index (κ2) is 6.56. The van der Waals surface area contributed by atoms with E-state index in [4.69, 9.17) is 11.6 Å². The van der Waals surface area contributed by atoms with Crippen LogP contribution in [0.5, 0.6) is 0 Å². The van der Waals surface area contributed by atoms with Crippen LogP contribution in [0.15, 0.2) is 11.4 Å². The minimum atomic E-state index is -0.0878. The van der Waals surface area contributed by atoms with Crippen LogP contribution in [0.3, 0.4) is 0 Å². The van der Waals surface area contributed by atoms with Gasteiger partial charge in [-0.2, -0.15) is 0 Å². The summed E-state index contributed by atoms with van der Waals surface area (Å²) < 4.78 is 0. The van der Waals surface area contributed by atoms with Crippen LogP contribution in [0.4, 0.5) is 0 Å². The van der Waals surface area contributed by atoms with Gasteiger partial charge in [0.1, 0.15) is 4.88 Å². The quantitative estimate of drug-likeness (QED) is 0.912. The number of nitrogens with one attached hydrogen (secondary N) is 1. The number of carbonyl (C=O) groups excluding carboxylic acids is 2. The van der Waals surface area contributed by atoms with E-state index in [1.54, 1.807) is 11.0 Å². The molecule has 2 amide bonds. The lowest BCUT2D eigenvalue weighted by atomic mass is 10.0. The molecular formula is C15H20ClN3O2S. The van der Waals surface area contributed by atoms with Crippen LogP contribution in [0, 0.1) is 0 Å². The van der Waals surface area contributed by atoms with Gasteiger partial charge in [0.05, 0.1) is 11.1 Å². The summed E-state index contributed by atoms with van der Waals surface area (Å²) in [5.41, 5.74) is 0. The van der Waals surface area contributed by atoms with Crippen LogP contribution in [0.25, 0.3) is 0 Å². The van der Waals surface area contributed by atoms with Crippen molar-refractivity contribution in [3.05, 3.63) is 21.3 Å². The number of amides is 2. The van der Waals surface area contributed by atoms with Gasteiger partial charge in [0.2, 0.25) is 5.91 Å². The Bertz CT molecular complexity index is 569. The van der Waals surface area contributed by atoms with Gasteiger partial charge < -0.3 is 10.2 Å². The van der Waals surface area contributed by atoms with E-state index in [1.807, 2.05) is 12.4 Å². The molecule has 7 heteroatoms. The maximum atomic E-state index is 12.2. The highest BCUT2D eigenvalue weighted by Gasteiger charge is 2.35.